The van der Waals surface area contributed by atoms with Gasteiger partial charge in [-0.15, -0.1) is 0 Å². The van der Waals surface area contributed by atoms with Crippen molar-refractivity contribution in [3.05, 3.63) is 57.5 Å². The van der Waals surface area contributed by atoms with Gasteiger partial charge in [0.1, 0.15) is 11.5 Å². The Labute approximate surface area is 126 Å². The Balaban J connectivity index is 1.92. The molecule has 0 aliphatic rings. The van der Waals surface area contributed by atoms with Gasteiger partial charge < -0.3 is 9.15 Å². The maximum absolute atomic E-state index is 12.6. The van der Waals surface area contributed by atoms with Gasteiger partial charge in [-0.2, -0.15) is 13.2 Å². The van der Waals surface area contributed by atoms with Crippen LogP contribution in [-0.2, 0) is 6.18 Å². The lowest BCUT2D eigenvalue weighted by Crippen LogP contribution is -2.04. The quantitative estimate of drug-likeness (QED) is 0.748. The van der Waals surface area contributed by atoms with Crippen LogP contribution in [0.15, 0.2) is 45.6 Å². The van der Waals surface area contributed by atoms with Crippen molar-refractivity contribution < 1.29 is 22.3 Å². The highest BCUT2D eigenvalue weighted by atomic mass is 35.5. The fourth-order valence-corrected chi connectivity index (χ4v) is 2.10. The molecule has 1 aromatic heterocycles. The molecule has 3 rings (SSSR count). The molecule has 0 unspecified atom stereocenters. The summed E-state index contributed by atoms with van der Waals surface area (Å²) in [4.78, 5) is 13.5. The largest absolute Gasteiger partial charge is 0.456 e. The SMILES string of the molecule is O=c1[nH]c2cc(Oc3ccc(C(F)(F)F)cc3Cl)ccc2o1. The molecule has 22 heavy (non-hydrogen) atoms. The van der Waals surface area contributed by atoms with Crippen molar-refractivity contribution in [1.82, 2.24) is 4.98 Å². The van der Waals surface area contributed by atoms with Crippen molar-refractivity contribution in [3.8, 4) is 11.5 Å². The van der Waals surface area contributed by atoms with Crippen LogP contribution < -0.4 is 10.5 Å². The van der Waals surface area contributed by atoms with E-state index < -0.39 is 17.5 Å². The second-order valence-electron chi connectivity index (χ2n) is 4.42. The van der Waals surface area contributed by atoms with Crippen LogP contribution in [0.25, 0.3) is 11.1 Å². The third kappa shape index (κ3) is 2.80. The number of halogens is 4. The second kappa shape index (κ2) is 5.10. The van der Waals surface area contributed by atoms with E-state index in [0.717, 1.165) is 18.2 Å². The molecule has 2 aromatic carbocycles. The Morgan fingerprint density at radius 3 is 2.59 bits per heavy atom. The van der Waals surface area contributed by atoms with E-state index >= 15 is 0 Å². The van der Waals surface area contributed by atoms with Gasteiger partial charge in [0.2, 0.25) is 0 Å². The zero-order chi connectivity index (χ0) is 15.9. The minimum Gasteiger partial charge on any atom is -0.456 e. The lowest BCUT2D eigenvalue weighted by atomic mass is 10.2. The smallest absolute Gasteiger partial charge is 0.417 e. The number of nitrogens with one attached hydrogen (secondary N) is 1. The van der Waals surface area contributed by atoms with Gasteiger partial charge in [-0.3, -0.25) is 4.98 Å². The first-order valence-corrected chi connectivity index (χ1v) is 6.38. The fourth-order valence-electron chi connectivity index (χ4n) is 1.88. The number of hydrogen-bond donors (Lipinski definition) is 1. The van der Waals surface area contributed by atoms with Crippen molar-refractivity contribution in [1.29, 1.82) is 0 Å². The molecule has 0 aliphatic heterocycles. The van der Waals surface area contributed by atoms with Crippen LogP contribution >= 0.6 is 11.6 Å². The first kappa shape index (κ1) is 14.5. The molecule has 0 radical (unpaired) electrons. The van der Waals surface area contributed by atoms with Crippen molar-refractivity contribution in [2.24, 2.45) is 0 Å². The minimum atomic E-state index is -4.47. The maximum Gasteiger partial charge on any atom is 0.417 e. The molecule has 0 aliphatic carbocycles. The topological polar surface area (TPSA) is 55.2 Å². The van der Waals surface area contributed by atoms with Gasteiger partial charge in [-0.1, -0.05) is 11.6 Å². The van der Waals surface area contributed by atoms with Crippen LogP contribution in [0.1, 0.15) is 5.56 Å². The zero-order valence-corrected chi connectivity index (χ0v) is 11.5. The first-order valence-electron chi connectivity index (χ1n) is 6.00. The molecule has 3 aromatic rings. The average molecular weight is 330 g/mol. The Morgan fingerprint density at radius 2 is 1.91 bits per heavy atom. The van der Waals surface area contributed by atoms with Crippen molar-refractivity contribution in [2.45, 2.75) is 6.18 Å². The molecule has 1 heterocycles. The number of alkyl halides is 3. The highest BCUT2D eigenvalue weighted by molar-refractivity contribution is 6.32. The van der Waals surface area contributed by atoms with Gasteiger partial charge in [0.25, 0.3) is 0 Å². The number of aromatic nitrogens is 1. The van der Waals surface area contributed by atoms with E-state index in [4.69, 9.17) is 20.8 Å². The molecule has 0 bridgehead atoms. The molecule has 0 amide bonds. The first-order chi connectivity index (χ1) is 10.3. The standard InChI is InChI=1S/C14H7ClF3NO3/c15-9-5-7(14(16,17)18)1-3-11(9)21-8-2-4-12-10(6-8)19-13(20)22-12/h1-6H,(H,19,20). The number of ether oxygens (including phenoxy) is 1. The molecule has 114 valence electrons. The third-order valence-corrected chi connectivity index (χ3v) is 3.17. The summed E-state index contributed by atoms with van der Waals surface area (Å²) < 4.78 is 47.9. The number of oxazole rings is 1. The molecular formula is C14H7ClF3NO3. The number of H-pyrrole nitrogens is 1. The van der Waals surface area contributed by atoms with Crippen LogP contribution in [0.5, 0.6) is 11.5 Å². The molecular weight excluding hydrogens is 323 g/mol. The predicted molar refractivity (Wildman–Crippen MR) is 73.4 cm³/mol. The van der Waals surface area contributed by atoms with Crippen LogP contribution in [-0.4, -0.2) is 4.98 Å². The summed E-state index contributed by atoms with van der Waals surface area (Å²) in [5.41, 5.74) is -0.110. The van der Waals surface area contributed by atoms with Crippen molar-refractivity contribution >= 4 is 22.7 Å². The van der Waals surface area contributed by atoms with E-state index in [-0.39, 0.29) is 10.8 Å². The van der Waals surface area contributed by atoms with Crippen LogP contribution in [0.3, 0.4) is 0 Å². The van der Waals surface area contributed by atoms with E-state index in [1.54, 1.807) is 0 Å². The van der Waals surface area contributed by atoms with E-state index in [9.17, 15) is 18.0 Å². The van der Waals surface area contributed by atoms with Gasteiger partial charge in [-0.05, 0) is 30.3 Å². The molecule has 0 fully saturated rings. The van der Waals surface area contributed by atoms with E-state index in [2.05, 4.69) is 4.98 Å². The van der Waals surface area contributed by atoms with Gasteiger partial charge in [-0.25, -0.2) is 4.79 Å². The Hall–Kier alpha value is -2.41. The lowest BCUT2D eigenvalue weighted by Gasteiger charge is -2.11. The summed E-state index contributed by atoms with van der Waals surface area (Å²) in [6.45, 7) is 0. The summed E-state index contributed by atoms with van der Waals surface area (Å²) in [5.74, 6) is -0.245. The zero-order valence-electron chi connectivity index (χ0n) is 10.7. The molecule has 8 heteroatoms. The number of fused-ring (bicyclic) bond motifs is 1. The molecule has 0 saturated carbocycles. The van der Waals surface area contributed by atoms with Crippen molar-refractivity contribution in [2.75, 3.05) is 0 Å². The number of hydrogen-bond acceptors (Lipinski definition) is 3. The van der Waals surface area contributed by atoms with Gasteiger partial charge in [0.05, 0.1) is 16.1 Å². The molecule has 0 atom stereocenters. The number of benzene rings is 2. The van der Waals surface area contributed by atoms with E-state index in [1.807, 2.05) is 0 Å². The molecule has 1 N–H and O–H groups in total. The van der Waals surface area contributed by atoms with E-state index in [1.165, 1.54) is 18.2 Å². The third-order valence-electron chi connectivity index (χ3n) is 2.88. The maximum atomic E-state index is 12.6. The highest BCUT2D eigenvalue weighted by Gasteiger charge is 2.31. The summed E-state index contributed by atoms with van der Waals surface area (Å²) in [6, 6.07) is 7.28. The van der Waals surface area contributed by atoms with E-state index in [0.29, 0.717) is 16.8 Å². The van der Waals surface area contributed by atoms with Gasteiger partial charge >= 0.3 is 11.9 Å². The number of rotatable bonds is 2. The normalized spacial score (nSPS) is 11.8. The van der Waals surface area contributed by atoms with Crippen LogP contribution in [0, 0.1) is 0 Å². The summed E-state index contributed by atoms with van der Waals surface area (Å²) in [7, 11) is 0. The van der Waals surface area contributed by atoms with Crippen LogP contribution in [0.4, 0.5) is 13.2 Å². The van der Waals surface area contributed by atoms with Gasteiger partial charge in [0.15, 0.2) is 5.58 Å². The Morgan fingerprint density at radius 1 is 1.14 bits per heavy atom. The lowest BCUT2D eigenvalue weighted by molar-refractivity contribution is -0.137. The van der Waals surface area contributed by atoms with Crippen molar-refractivity contribution in [3.63, 3.8) is 0 Å². The summed E-state index contributed by atoms with van der Waals surface area (Å²) in [6.07, 6.45) is -4.47. The second-order valence-corrected chi connectivity index (χ2v) is 4.82. The fraction of sp³-hybridized carbons (Fsp3) is 0.0714. The molecule has 0 saturated heterocycles. The number of aromatic amines is 1. The highest BCUT2D eigenvalue weighted by Crippen LogP contribution is 2.36. The Kier molecular flexibility index (Phi) is 3.37. The van der Waals surface area contributed by atoms with Gasteiger partial charge in [0, 0.05) is 6.07 Å². The summed E-state index contributed by atoms with van der Waals surface area (Å²) in [5, 5.41) is -0.171. The Bertz CT molecular complexity index is 898. The molecule has 4 nitrogen and oxygen atoms in total. The monoisotopic (exact) mass is 329 g/mol. The van der Waals surface area contributed by atoms with Crippen LogP contribution in [0.2, 0.25) is 5.02 Å². The molecule has 0 spiro atoms. The summed E-state index contributed by atoms with van der Waals surface area (Å²) >= 11 is 5.81. The average Bonchev–Trinajstić information content (AvgIpc) is 2.79. The minimum absolute atomic E-state index is 0.0693. The predicted octanol–water partition coefficient (Wildman–Crippen LogP) is 4.59.